The summed E-state index contributed by atoms with van der Waals surface area (Å²) < 4.78 is 0. The van der Waals surface area contributed by atoms with Crippen LogP contribution in [0.25, 0.3) is 0 Å². The maximum absolute atomic E-state index is 3.50. The molecular weight excluding hydrogens is 262 g/mol. The lowest BCUT2D eigenvalue weighted by Crippen LogP contribution is -2.35. The first-order valence-corrected chi connectivity index (χ1v) is 10.2. The van der Waals surface area contributed by atoms with E-state index in [4.69, 9.17) is 0 Å². The van der Waals surface area contributed by atoms with Gasteiger partial charge in [-0.2, -0.15) is 11.8 Å². The molecule has 1 heterocycles. The minimum absolute atomic E-state index is 0.957. The van der Waals surface area contributed by atoms with Gasteiger partial charge >= 0.3 is 0 Å². The van der Waals surface area contributed by atoms with E-state index in [0.717, 1.165) is 28.9 Å². The smallest absolute Gasteiger partial charge is 0.00505 e. The molecule has 0 aromatic heterocycles. The molecule has 0 radical (unpaired) electrons. The molecule has 1 N–H and O–H groups in total. The van der Waals surface area contributed by atoms with E-state index in [2.05, 4.69) is 24.1 Å². The summed E-state index contributed by atoms with van der Waals surface area (Å²) in [5.74, 6) is 5.61. The largest absolute Gasteiger partial charge is 0.319 e. The molecule has 2 heteroatoms. The number of nitrogens with one attached hydrogen (secondary N) is 1. The Balaban J connectivity index is 1.56. The molecule has 3 fully saturated rings. The second-order valence-electron chi connectivity index (χ2n) is 7.57. The first-order chi connectivity index (χ1) is 9.86. The zero-order valence-corrected chi connectivity index (χ0v) is 14.1. The van der Waals surface area contributed by atoms with E-state index in [1.165, 1.54) is 50.8 Å². The number of hydrogen-bond acceptors (Lipinski definition) is 2. The van der Waals surface area contributed by atoms with E-state index in [9.17, 15) is 0 Å². The first-order valence-electron chi connectivity index (χ1n) is 9.13. The van der Waals surface area contributed by atoms with Crippen molar-refractivity contribution in [3.8, 4) is 0 Å². The molecule has 5 atom stereocenters. The van der Waals surface area contributed by atoms with Crippen molar-refractivity contribution in [3.05, 3.63) is 0 Å². The minimum Gasteiger partial charge on any atom is -0.319 e. The number of rotatable bonds is 5. The van der Waals surface area contributed by atoms with Crippen molar-refractivity contribution in [2.75, 3.05) is 19.3 Å². The van der Waals surface area contributed by atoms with Crippen LogP contribution in [0.4, 0.5) is 0 Å². The summed E-state index contributed by atoms with van der Waals surface area (Å²) in [6.45, 7) is 1.26. The van der Waals surface area contributed by atoms with Gasteiger partial charge in [0.25, 0.3) is 0 Å². The Labute approximate surface area is 130 Å². The Hall–Kier alpha value is 0.310. The third-order valence-corrected chi connectivity index (χ3v) is 7.73. The van der Waals surface area contributed by atoms with E-state index in [1.54, 1.807) is 25.7 Å². The van der Waals surface area contributed by atoms with Crippen LogP contribution in [0, 0.1) is 23.7 Å². The fourth-order valence-electron chi connectivity index (χ4n) is 5.21. The van der Waals surface area contributed by atoms with Gasteiger partial charge in [-0.15, -0.1) is 0 Å². The fourth-order valence-corrected chi connectivity index (χ4v) is 6.59. The monoisotopic (exact) mass is 295 g/mol. The number of hydrogen-bond donors (Lipinski definition) is 1. The summed E-state index contributed by atoms with van der Waals surface area (Å²) >= 11 is 2.26. The van der Waals surface area contributed by atoms with Crippen molar-refractivity contribution < 1.29 is 0 Å². The SMILES string of the molecule is CNCC(CC1CCCS1)C1CCC2CCCCC2C1. The van der Waals surface area contributed by atoms with Crippen molar-refractivity contribution in [3.63, 3.8) is 0 Å². The standard InChI is InChI=1S/C18H33NS/c1-19-13-17(12-18-7-4-10-20-18)16-9-8-14-5-2-3-6-15(14)11-16/h14-19H,2-13H2,1H3. The van der Waals surface area contributed by atoms with Gasteiger partial charge in [0.2, 0.25) is 0 Å². The highest BCUT2D eigenvalue weighted by molar-refractivity contribution is 8.00. The minimum atomic E-state index is 0.957. The van der Waals surface area contributed by atoms with Crippen molar-refractivity contribution in [2.24, 2.45) is 23.7 Å². The molecule has 116 valence electrons. The van der Waals surface area contributed by atoms with Gasteiger partial charge in [-0.1, -0.05) is 25.7 Å². The second kappa shape index (κ2) is 7.54. The van der Waals surface area contributed by atoms with Gasteiger partial charge in [-0.05, 0) is 81.5 Å². The highest BCUT2D eigenvalue weighted by atomic mass is 32.2. The molecule has 0 aromatic carbocycles. The Morgan fingerprint density at radius 3 is 2.60 bits per heavy atom. The van der Waals surface area contributed by atoms with Crippen LogP contribution in [-0.4, -0.2) is 24.6 Å². The summed E-state index contributed by atoms with van der Waals surface area (Å²) in [7, 11) is 2.15. The van der Waals surface area contributed by atoms with Crippen molar-refractivity contribution >= 4 is 11.8 Å². The van der Waals surface area contributed by atoms with Crippen LogP contribution in [0.1, 0.15) is 64.2 Å². The van der Waals surface area contributed by atoms with Gasteiger partial charge in [0, 0.05) is 5.25 Å². The van der Waals surface area contributed by atoms with Crippen LogP contribution >= 0.6 is 11.8 Å². The van der Waals surface area contributed by atoms with E-state index < -0.39 is 0 Å². The highest BCUT2D eigenvalue weighted by Gasteiger charge is 2.36. The lowest BCUT2D eigenvalue weighted by atomic mass is 9.64. The molecule has 0 spiro atoms. The molecule has 0 bridgehead atoms. The summed E-state index contributed by atoms with van der Waals surface area (Å²) in [5.41, 5.74) is 0. The van der Waals surface area contributed by atoms with Crippen molar-refractivity contribution in [2.45, 2.75) is 69.5 Å². The van der Waals surface area contributed by atoms with E-state index in [-0.39, 0.29) is 0 Å². The van der Waals surface area contributed by atoms with Crippen LogP contribution in [0.3, 0.4) is 0 Å². The summed E-state index contributed by atoms with van der Waals surface area (Å²) in [5, 5.41) is 4.49. The van der Waals surface area contributed by atoms with Crippen LogP contribution in [0.5, 0.6) is 0 Å². The second-order valence-corrected chi connectivity index (χ2v) is 8.97. The maximum atomic E-state index is 3.50. The average molecular weight is 296 g/mol. The lowest BCUT2D eigenvalue weighted by Gasteiger charge is -2.42. The summed E-state index contributed by atoms with van der Waals surface area (Å²) in [6, 6.07) is 0. The van der Waals surface area contributed by atoms with Crippen molar-refractivity contribution in [1.29, 1.82) is 0 Å². The molecule has 2 aliphatic carbocycles. The van der Waals surface area contributed by atoms with E-state index in [0.29, 0.717) is 0 Å². The van der Waals surface area contributed by atoms with E-state index >= 15 is 0 Å². The molecule has 1 nitrogen and oxygen atoms in total. The van der Waals surface area contributed by atoms with Crippen LogP contribution in [0.15, 0.2) is 0 Å². The van der Waals surface area contributed by atoms with Gasteiger partial charge in [0.1, 0.15) is 0 Å². The molecule has 5 unspecified atom stereocenters. The molecule has 3 aliphatic rings. The predicted octanol–water partition coefficient (Wildman–Crippen LogP) is 4.71. The van der Waals surface area contributed by atoms with E-state index in [1.807, 2.05) is 0 Å². The predicted molar refractivity (Wildman–Crippen MR) is 90.3 cm³/mol. The molecule has 2 saturated carbocycles. The maximum Gasteiger partial charge on any atom is 0.00505 e. The van der Waals surface area contributed by atoms with Gasteiger partial charge in [-0.3, -0.25) is 0 Å². The average Bonchev–Trinajstić information content (AvgIpc) is 2.99. The van der Waals surface area contributed by atoms with Crippen LogP contribution in [-0.2, 0) is 0 Å². The van der Waals surface area contributed by atoms with Crippen molar-refractivity contribution in [1.82, 2.24) is 5.32 Å². The first kappa shape index (κ1) is 15.2. The van der Waals surface area contributed by atoms with Gasteiger partial charge in [0.15, 0.2) is 0 Å². The molecule has 1 aliphatic heterocycles. The topological polar surface area (TPSA) is 12.0 Å². The third kappa shape index (κ3) is 3.74. The van der Waals surface area contributed by atoms with Gasteiger partial charge < -0.3 is 5.32 Å². The Morgan fingerprint density at radius 2 is 1.85 bits per heavy atom. The Morgan fingerprint density at radius 1 is 1.00 bits per heavy atom. The molecule has 20 heavy (non-hydrogen) atoms. The molecule has 1 saturated heterocycles. The van der Waals surface area contributed by atoms with Crippen LogP contribution < -0.4 is 5.32 Å². The third-order valence-electron chi connectivity index (χ3n) is 6.30. The summed E-state index contributed by atoms with van der Waals surface area (Å²) in [6.07, 6.45) is 15.2. The normalized spacial score (nSPS) is 39.5. The Bertz CT molecular complexity index is 287. The Kier molecular flexibility index (Phi) is 5.73. The van der Waals surface area contributed by atoms with Gasteiger partial charge in [-0.25, -0.2) is 0 Å². The van der Waals surface area contributed by atoms with Crippen LogP contribution in [0.2, 0.25) is 0 Å². The number of thioether (sulfide) groups is 1. The molecule has 3 rings (SSSR count). The zero-order chi connectivity index (χ0) is 13.8. The fraction of sp³-hybridized carbons (Fsp3) is 1.00. The quantitative estimate of drug-likeness (QED) is 0.788. The molecular formula is C18H33NS. The lowest BCUT2D eigenvalue weighted by molar-refractivity contribution is 0.0960. The number of fused-ring (bicyclic) bond motifs is 1. The highest BCUT2D eigenvalue weighted by Crippen LogP contribution is 2.46. The molecule has 0 amide bonds. The van der Waals surface area contributed by atoms with Gasteiger partial charge in [0.05, 0.1) is 0 Å². The summed E-state index contributed by atoms with van der Waals surface area (Å²) in [4.78, 5) is 0. The molecule has 0 aromatic rings. The zero-order valence-electron chi connectivity index (χ0n) is 13.3.